The second-order valence-corrected chi connectivity index (χ2v) is 5.86. The quantitative estimate of drug-likeness (QED) is 0.738. The Balaban J connectivity index is 1.75. The number of hydrogen-bond donors (Lipinski definition) is 0. The Kier molecular flexibility index (Phi) is 3.89. The van der Waals surface area contributed by atoms with Crippen molar-refractivity contribution >= 4 is 17.0 Å². The lowest BCUT2D eigenvalue weighted by molar-refractivity contribution is 0.508. The van der Waals surface area contributed by atoms with Crippen LogP contribution in [0.25, 0.3) is 10.6 Å². The van der Waals surface area contributed by atoms with E-state index in [1.165, 1.54) is 17.4 Å². The molecule has 0 N–H and O–H groups in total. The van der Waals surface area contributed by atoms with Crippen LogP contribution in [0.1, 0.15) is 5.69 Å². The molecule has 0 aliphatic carbocycles. The third-order valence-electron chi connectivity index (χ3n) is 3.25. The van der Waals surface area contributed by atoms with Crippen molar-refractivity contribution in [2.75, 3.05) is 11.9 Å². The zero-order valence-corrected chi connectivity index (χ0v) is 12.9. The largest absolute Gasteiger partial charge is 0.369 e. The Labute approximate surface area is 130 Å². The van der Waals surface area contributed by atoms with Crippen molar-refractivity contribution in [3.63, 3.8) is 0 Å². The highest BCUT2D eigenvalue weighted by atomic mass is 32.1. The van der Waals surface area contributed by atoms with Gasteiger partial charge in [0.2, 0.25) is 0 Å². The van der Waals surface area contributed by atoms with Gasteiger partial charge in [0.05, 0.1) is 18.4 Å². The van der Waals surface area contributed by atoms with Crippen molar-refractivity contribution in [1.82, 2.24) is 14.8 Å². The summed E-state index contributed by atoms with van der Waals surface area (Å²) in [7, 11) is 3.67. The molecule has 0 amide bonds. The summed E-state index contributed by atoms with van der Waals surface area (Å²) in [4.78, 5) is 6.38. The fourth-order valence-corrected chi connectivity index (χ4v) is 2.89. The van der Waals surface area contributed by atoms with Gasteiger partial charge in [0, 0.05) is 43.0 Å². The highest BCUT2D eigenvalue weighted by molar-refractivity contribution is 7.13. The van der Waals surface area contributed by atoms with Gasteiger partial charge in [-0.2, -0.15) is 5.10 Å². The molecular weight excluding hydrogens is 306 g/mol. The van der Waals surface area contributed by atoms with Crippen molar-refractivity contribution in [3.05, 3.63) is 53.3 Å². The zero-order valence-electron chi connectivity index (χ0n) is 12.1. The van der Waals surface area contributed by atoms with Gasteiger partial charge in [0.25, 0.3) is 0 Å². The molecule has 114 valence electrons. The van der Waals surface area contributed by atoms with Crippen LogP contribution < -0.4 is 4.90 Å². The van der Waals surface area contributed by atoms with E-state index in [0.29, 0.717) is 12.2 Å². The summed E-state index contributed by atoms with van der Waals surface area (Å²) >= 11 is 1.53. The molecule has 0 saturated heterocycles. The minimum atomic E-state index is -0.848. The molecule has 0 unspecified atom stereocenters. The Morgan fingerprint density at radius 1 is 1.27 bits per heavy atom. The average molecular weight is 320 g/mol. The molecule has 2 heterocycles. The summed E-state index contributed by atoms with van der Waals surface area (Å²) in [6.45, 7) is 0.516. The highest BCUT2D eigenvalue weighted by Crippen LogP contribution is 2.25. The van der Waals surface area contributed by atoms with E-state index in [2.05, 4.69) is 10.1 Å². The van der Waals surface area contributed by atoms with Crippen molar-refractivity contribution in [2.24, 2.45) is 7.05 Å². The number of anilines is 1. The molecule has 4 nitrogen and oxygen atoms in total. The van der Waals surface area contributed by atoms with Crippen LogP contribution >= 0.6 is 11.3 Å². The second-order valence-electron chi connectivity index (χ2n) is 5.00. The van der Waals surface area contributed by atoms with E-state index in [-0.39, 0.29) is 0 Å². The number of aryl methyl sites for hydroxylation is 1. The molecule has 0 fully saturated rings. The molecular formula is C15H14F2N4S. The van der Waals surface area contributed by atoms with Gasteiger partial charge < -0.3 is 4.90 Å². The fourth-order valence-electron chi connectivity index (χ4n) is 2.10. The lowest BCUT2D eigenvalue weighted by Gasteiger charge is -2.18. The van der Waals surface area contributed by atoms with Crippen LogP contribution in [0.15, 0.2) is 36.0 Å². The van der Waals surface area contributed by atoms with Gasteiger partial charge in [-0.05, 0) is 12.1 Å². The molecule has 7 heteroatoms. The number of benzene rings is 1. The number of thiazole rings is 1. The maximum absolute atomic E-state index is 13.3. The Morgan fingerprint density at radius 3 is 2.77 bits per heavy atom. The summed E-state index contributed by atoms with van der Waals surface area (Å²) in [6, 6.07) is 3.86. The van der Waals surface area contributed by atoms with E-state index in [4.69, 9.17) is 0 Å². The van der Waals surface area contributed by atoms with Crippen molar-refractivity contribution in [1.29, 1.82) is 0 Å². The summed E-state index contributed by atoms with van der Waals surface area (Å²) in [6.07, 6.45) is 3.67. The number of hydrogen-bond acceptors (Lipinski definition) is 4. The average Bonchev–Trinajstić information content (AvgIpc) is 3.10. The Morgan fingerprint density at radius 2 is 2.09 bits per heavy atom. The maximum atomic E-state index is 13.3. The van der Waals surface area contributed by atoms with E-state index in [1.807, 2.05) is 30.6 Å². The monoisotopic (exact) mass is 320 g/mol. The van der Waals surface area contributed by atoms with Gasteiger partial charge in [-0.3, -0.25) is 4.68 Å². The van der Waals surface area contributed by atoms with E-state index in [1.54, 1.807) is 16.9 Å². The van der Waals surface area contributed by atoms with Crippen LogP contribution in [-0.4, -0.2) is 21.8 Å². The van der Waals surface area contributed by atoms with Crippen molar-refractivity contribution in [3.8, 4) is 10.6 Å². The van der Waals surface area contributed by atoms with Crippen molar-refractivity contribution in [2.45, 2.75) is 6.54 Å². The lowest BCUT2D eigenvalue weighted by atomic mass is 10.2. The normalized spacial score (nSPS) is 10.9. The van der Waals surface area contributed by atoms with Crippen LogP contribution in [-0.2, 0) is 13.6 Å². The maximum Gasteiger partial charge on any atom is 0.160 e. The molecule has 0 radical (unpaired) electrons. The van der Waals surface area contributed by atoms with Gasteiger partial charge in [-0.25, -0.2) is 13.8 Å². The first-order chi connectivity index (χ1) is 10.5. The lowest BCUT2D eigenvalue weighted by Crippen LogP contribution is -2.16. The fraction of sp³-hybridized carbons (Fsp3) is 0.200. The van der Waals surface area contributed by atoms with Gasteiger partial charge in [0.15, 0.2) is 11.6 Å². The molecule has 0 aliphatic rings. The number of nitrogens with zero attached hydrogens (tertiary/aromatic N) is 4. The first kappa shape index (κ1) is 14.6. The first-order valence-electron chi connectivity index (χ1n) is 6.62. The minimum Gasteiger partial charge on any atom is -0.369 e. The van der Waals surface area contributed by atoms with Crippen LogP contribution in [0.3, 0.4) is 0 Å². The van der Waals surface area contributed by atoms with Crippen LogP contribution in [0.4, 0.5) is 14.5 Å². The first-order valence-corrected chi connectivity index (χ1v) is 7.50. The van der Waals surface area contributed by atoms with E-state index >= 15 is 0 Å². The summed E-state index contributed by atoms with van der Waals surface area (Å²) < 4.78 is 28.0. The van der Waals surface area contributed by atoms with E-state index in [0.717, 1.165) is 22.3 Å². The van der Waals surface area contributed by atoms with Crippen LogP contribution in [0.2, 0.25) is 0 Å². The third kappa shape index (κ3) is 2.99. The molecule has 0 bridgehead atoms. The summed E-state index contributed by atoms with van der Waals surface area (Å²) in [5.41, 5.74) is 2.44. The van der Waals surface area contributed by atoms with Gasteiger partial charge >= 0.3 is 0 Å². The molecule has 3 rings (SSSR count). The number of halogens is 2. The Hall–Kier alpha value is -2.28. The molecule has 22 heavy (non-hydrogen) atoms. The smallest absolute Gasteiger partial charge is 0.160 e. The van der Waals surface area contributed by atoms with Crippen molar-refractivity contribution < 1.29 is 8.78 Å². The second kappa shape index (κ2) is 5.84. The topological polar surface area (TPSA) is 34.0 Å². The molecule has 0 atom stereocenters. The number of aromatic nitrogens is 3. The zero-order chi connectivity index (χ0) is 15.7. The molecule has 3 aromatic rings. The van der Waals surface area contributed by atoms with Crippen LogP contribution in [0, 0.1) is 11.6 Å². The van der Waals surface area contributed by atoms with Gasteiger partial charge in [-0.1, -0.05) is 0 Å². The van der Waals surface area contributed by atoms with E-state index < -0.39 is 11.6 Å². The third-order valence-corrected chi connectivity index (χ3v) is 4.19. The molecule has 2 aromatic heterocycles. The summed E-state index contributed by atoms with van der Waals surface area (Å²) in [5.74, 6) is -1.69. The molecule has 0 spiro atoms. The number of rotatable bonds is 4. The minimum absolute atomic E-state index is 0.516. The van der Waals surface area contributed by atoms with Gasteiger partial charge in [-0.15, -0.1) is 11.3 Å². The predicted molar refractivity (Wildman–Crippen MR) is 82.8 cm³/mol. The van der Waals surface area contributed by atoms with Gasteiger partial charge in [0.1, 0.15) is 5.01 Å². The molecule has 1 aromatic carbocycles. The molecule has 0 aliphatic heterocycles. The van der Waals surface area contributed by atoms with E-state index in [9.17, 15) is 8.78 Å². The summed E-state index contributed by atoms with van der Waals surface area (Å²) in [5, 5.41) is 6.97. The molecule has 0 saturated carbocycles. The predicted octanol–water partition coefficient (Wildman–Crippen LogP) is 3.46. The highest BCUT2D eigenvalue weighted by Gasteiger charge is 2.10. The standard InChI is InChI=1S/C15H14F2N4S/c1-20(12-3-4-13(16)14(17)5-12)8-11-9-22-15(19-11)10-6-18-21(2)7-10/h3-7,9H,8H2,1-2H3. The SMILES string of the molecule is CN(Cc1csc(-c2cnn(C)c2)n1)c1ccc(F)c(F)c1. The van der Waals surface area contributed by atoms with Crippen LogP contribution in [0.5, 0.6) is 0 Å². The Bertz CT molecular complexity index is 796.